The van der Waals surface area contributed by atoms with Gasteiger partial charge in [-0.3, -0.25) is 19.2 Å². The van der Waals surface area contributed by atoms with Crippen molar-refractivity contribution in [2.24, 2.45) is 5.10 Å². The molecule has 0 fully saturated rings. The van der Waals surface area contributed by atoms with Crippen LogP contribution in [0.15, 0.2) is 82.8 Å². The number of nitrogens with one attached hydrogen (secondary N) is 1. The lowest BCUT2D eigenvalue weighted by Crippen LogP contribution is -2.39. The number of nitro benzene ring substituents is 1. The number of aryl methyl sites for hydroxylation is 1. The van der Waals surface area contributed by atoms with Crippen LogP contribution in [0.3, 0.4) is 0 Å². The molecule has 3 rings (SSSR count). The molecule has 3 aromatic rings. The molecule has 0 spiro atoms. The van der Waals surface area contributed by atoms with E-state index < -0.39 is 27.4 Å². The number of non-ortho nitro benzene ring substituents is 1. The van der Waals surface area contributed by atoms with E-state index in [9.17, 15) is 23.3 Å². The van der Waals surface area contributed by atoms with Crippen molar-refractivity contribution in [2.45, 2.75) is 11.8 Å². The fourth-order valence-corrected chi connectivity index (χ4v) is 4.37. The van der Waals surface area contributed by atoms with E-state index in [2.05, 4.69) is 10.5 Å². The molecular formula is C22H19ClN4O5S. The number of hydrazone groups is 1. The van der Waals surface area contributed by atoms with E-state index in [1.807, 2.05) is 6.92 Å². The van der Waals surface area contributed by atoms with E-state index in [1.165, 1.54) is 60.8 Å². The minimum Gasteiger partial charge on any atom is -0.271 e. The van der Waals surface area contributed by atoms with Crippen LogP contribution < -0.4 is 9.73 Å². The molecule has 0 aromatic heterocycles. The molecule has 33 heavy (non-hydrogen) atoms. The van der Waals surface area contributed by atoms with Crippen molar-refractivity contribution in [1.82, 2.24) is 5.43 Å². The molecule has 0 saturated carbocycles. The normalized spacial score (nSPS) is 11.3. The van der Waals surface area contributed by atoms with Gasteiger partial charge in [0.25, 0.3) is 21.6 Å². The summed E-state index contributed by atoms with van der Waals surface area (Å²) in [7, 11) is -4.07. The molecule has 0 saturated heterocycles. The highest BCUT2D eigenvalue weighted by molar-refractivity contribution is 7.92. The van der Waals surface area contributed by atoms with Crippen LogP contribution in [-0.2, 0) is 14.8 Å². The quantitative estimate of drug-likeness (QED) is 0.294. The Kier molecular flexibility index (Phi) is 7.41. The maximum absolute atomic E-state index is 13.3. The standard InChI is InChI=1S/C22H19ClN4O5S/c1-16-5-11-21(12-6-16)33(31,32)26(19-9-7-18(23)8-10-19)15-22(28)25-24-14-17-3-2-4-20(13-17)27(29)30/h2-14H,15H2,1H3,(H,25,28)/b24-14-. The number of rotatable bonds is 8. The summed E-state index contributed by atoms with van der Waals surface area (Å²) in [5, 5.41) is 15.1. The third kappa shape index (κ3) is 6.15. The highest BCUT2D eigenvalue weighted by Gasteiger charge is 2.27. The van der Waals surface area contributed by atoms with Gasteiger partial charge in [0.1, 0.15) is 6.54 Å². The van der Waals surface area contributed by atoms with E-state index in [0.717, 1.165) is 9.87 Å². The summed E-state index contributed by atoms with van der Waals surface area (Å²) in [6, 6.07) is 18.0. The highest BCUT2D eigenvalue weighted by atomic mass is 35.5. The Morgan fingerprint density at radius 3 is 2.42 bits per heavy atom. The molecule has 170 valence electrons. The number of halogens is 1. The van der Waals surface area contributed by atoms with Gasteiger partial charge in [0.15, 0.2) is 0 Å². The van der Waals surface area contributed by atoms with Crippen molar-refractivity contribution in [2.75, 3.05) is 10.8 Å². The molecule has 11 heteroatoms. The van der Waals surface area contributed by atoms with Gasteiger partial charge >= 0.3 is 0 Å². The van der Waals surface area contributed by atoms with Crippen LogP contribution >= 0.6 is 11.6 Å². The van der Waals surface area contributed by atoms with E-state index >= 15 is 0 Å². The number of anilines is 1. The van der Waals surface area contributed by atoms with Gasteiger partial charge < -0.3 is 0 Å². The van der Waals surface area contributed by atoms with Gasteiger partial charge in [0.05, 0.1) is 21.7 Å². The van der Waals surface area contributed by atoms with Crippen LogP contribution in [0.4, 0.5) is 11.4 Å². The number of carbonyl (C=O) groups excluding carboxylic acids is 1. The van der Waals surface area contributed by atoms with Gasteiger partial charge in [-0.15, -0.1) is 0 Å². The molecule has 1 amide bonds. The Balaban J connectivity index is 1.82. The van der Waals surface area contributed by atoms with Crippen molar-refractivity contribution >= 4 is 45.1 Å². The largest absolute Gasteiger partial charge is 0.271 e. The monoisotopic (exact) mass is 486 g/mol. The molecular weight excluding hydrogens is 468 g/mol. The van der Waals surface area contributed by atoms with Crippen LogP contribution in [0.25, 0.3) is 0 Å². The van der Waals surface area contributed by atoms with Crippen molar-refractivity contribution in [3.8, 4) is 0 Å². The molecule has 0 aliphatic rings. The Labute approximate surface area is 195 Å². The molecule has 0 aliphatic carbocycles. The lowest BCUT2D eigenvalue weighted by molar-refractivity contribution is -0.384. The van der Waals surface area contributed by atoms with E-state index in [1.54, 1.807) is 18.2 Å². The first-order valence-electron chi connectivity index (χ1n) is 9.58. The summed E-state index contributed by atoms with van der Waals surface area (Å²) in [5.41, 5.74) is 3.66. The molecule has 3 aromatic carbocycles. The first-order chi connectivity index (χ1) is 15.7. The Hall–Kier alpha value is -3.76. The lowest BCUT2D eigenvalue weighted by Gasteiger charge is -2.23. The third-order valence-electron chi connectivity index (χ3n) is 4.49. The van der Waals surface area contributed by atoms with Crippen molar-refractivity contribution in [1.29, 1.82) is 0 Å². The SMILES string of the molecule is Cc1ccc(S(=O)(=O)N(CC(=O)N/N=C\c2cccc([N+](=O)[O-])c2)c2ccc(Cl)cc2)cc1. The molecule has 0 radical (unpaired) electrons. The van der Waals surface area contributed by atoms with Crippen LogP contribution in [0.5, 0.6) is 0 Å². The molecule has 0 heterocycles. The Bertz CT molecular complexity index is 1290. The second-order valence-electron chi connectivity index (χ2n) is 6.95. The Morgan fingerprint density at radius 1 is 1.12 bits per heavy atom. The van der Waals surface area contributed by atoms with Crippen LogP contribution in [-0.4, -0.2) is 32.0 Å². The van der Waals surface area contributed by atoms with Gasteiger partial charge in [-0.25, -0.2) is 13.8 Å². The summed E-state index contributed by atoms with van der Waals surface area (Å²) in [6.07, 6.45) is 1.23. The second kappa shape index (κ2) is 10.2. The number of carbonyl (C=O) groups is 1. The van der Waals surface area contributed by atoms with E-state index in [4.69, 9.17) is 11.6 Å². The summed E-state index contributed by atoms with van der Waals surface area (Å²) >= 11 is 5.92. The van der Waals surface area contributed by atoms with Gasteiger partial charge in [-0.2, -0.15) is 5.10 Å². The maximum atomic E-state index is 13.3. The first-order valence-corrected chi connectivity index (χ1v) is 11.4. The van der Waals surface area contributed by atoms with Crippen LogP contribution in [0, 0.1) is 17.0 Å². The van der Waals surface area contributed by atoms with Crippen LogP contribution in [0.1, 0.15) is 11.1 Å². The van der Waals surface area contributed by atoms with Gasteiger partial charge in [0, 0.05) is 22.7 Å². The summed E-state index contributed by atoms with van der Waals surface area (Å²) in [5.74, 6) is -0.706. The zero-order valence-corrected chi connectivity index (χ0v) is 19.0. The predicted molar refractivity (Wildman–Crippen MR) is 126 cm³/mol. The summed E-state index contributed by atoms with van der Waals surface area (Å²) in [6.45, 7) is 1.28. The highest BCUT2D eigenvalue weighted by Crippen LogP contribution is 2.25. The number of amides is 1. The minimum atomic E-state index is -4.07. The minimum absolute atomic E-state index is 0.0240. The molecule has 0 unspecified atom stereocenters. The van der Waals surface area contributed by atoms with Crippen molar-refractivity contribution < 1.29 is 18.1 Å². The topological polar surface area (TPSA) is 122 Å². The summed E-state index contributed by atoms with van der Waals surface area (Å²) in [4.78, 5) is 22.9. The fourth-order valence-electron chi connectivity index (χ4n) is 2.82. The fraction of sp³-hybridized carbons (Fsp3) is 0.0909. The lowest BCUT2D eigenvalue weighted by atomic mass is 10.2. The van der Waals surface area contributed by atoms with Gasteiger partial charge in [-0.1, -0.05) is 41.4 Å². The van der Waals surface area contributed by atoms with Crippen LogP contribution in [0.2, 0.25) is 5.02 Å². The number of nitrogens with zero attached hydrogens (tertiary/aromatic N) is 3. The number of hydrogen-bond donors (Lipinski definition) is 1. The number of benzene rings is 3. The molecule has 0 atom stereocenters. The smallest absolute Gasteiger partial charge is 0.270 e. The number of nitro groups is 1. The molecule has 0 bridgehead atoms. The molecule has 9 nitrogen and oxygen atoms in total. The predicted octanol–water partition coefficient (Wildman–Crippen LogP) is 3.90. The van der Waals surface area contributed by atoms with E-state index in [0.29, 0.717) is 10.6 Å². The first kappa shape index (κ1) is 23.9. The maximum Gasteiger partial charge on any atom is 0.270 e. The third-order valence-corrected chi connectivity index (χ3v) is 6.53. The van der Waals surface area contributed by atoms with Crippen molar-refractivity contribution in [3.05, 3.63) is 99.1 Å². The average Bonchev–Trinajstić information content (AvgIpc) is 2.78. The average molecular weight is 487 g/mol. The number of sulfonamides is 1. The number of hydrogen-bond acceptors (Lipinski definition) is 6. The van der Waals surface area contributed by atoms with Gasteiger partial charge in [-0.05, 0) is 43.3 Å². The zero-order chi connectivity index (χ0) is 24.0. The van der Waals surface area contributed by atoms with Crippen molar-refractivity contribution in [3.63, 3.8) is 0 Å². The second-order valence-corrected chi connectivity index (χ2v) is 9.25. The molecule has 1 N–H and O–H groups in total. The van der Waals surface area contributed by atoms with Gasteiger partial charge in [0.2, 0.25) is 0 Å². The van der Waals surface area contributed by atoms with E-state index in [-0.39, 0.29) is 16.3 Å². The Morgan fingerprint density at radius 2 is 1.79 bits per heavy atom. The molecule has 0 aliphatic heterocycles. The summed E-state index contributed by atoms with van der Waals surface area (Å²) < 4.78 is 27.5. The zero-order valence-electron chi connectivity index (χ0n) is 17.4.